The van der Waals surface area contributed by atoms with E-state index in [4.69, 9.17) is 11.6 Å². The molecule has 20 heavy (non-hydrogen) atoms. The molecule has 8 heteroatoms. The van der Waals surface area contributed by atoms with Crippen LogP contribution in [0.5, 0.6) is 0 Å². The average molecular weight is 295 g/mol. The van der Waals surface area contributed by atoms with Crippen LogP contribution in [0.4, 0.5) is 5.69 Å². The fourth-order valence-electron chi connectivity index (χ4n) is 1.54. The highest BCUT2D eigenvalue weighted by atomic mass is 35.5. The zero-order chi connectivity index (χ0) is 14.5. The topological polar surface area (TPSA) is 90.1 Å². The standard InChI is InChI=1S/C12H11ClN4O3/c13-10-3-1-9(2-4-10)5-14-12(18)8-16-7-11(6-15-16)17(19)20/h1-4,6-7H,5,8H2,(H,14,18). The number of carbonyl (C=O) groups excluding carboxylic acids is 1. The van der Waals surface area contributed by atoms with Crippen molar-refractivity contribution in [2.75, 3.05) is 0 Å². The van der Waals surface area contributed by atoms with Crippen molar-refractivity contribution >= 4 is 23.2 Å². The minimum Gasteiger partial charge on any atom is -0.350 e. The highest BCUT2D eigenvalue weighted by molar-refractivity contribution is 6.30. The first kappa shape index (κ1) is 14.0. The Kier molecular flexibility index (Phi) is 4.31. The van der Waals surface area contributed by atoms with Gasteiger partial charge >= 0.3 is 5.69 Å². The number of rotatable bonds is 5. The third kappa shape index (κ3) is 3.79. The van der Waals surface area contributed by atoms with Crippen molar-refractivity contribution < 1.29 is 9.72 Å². The van der Waals surface area contributed by atoms with Crippen molar-refractivity contribution in [2.45, 2.75) is 13.1 Å². The van der Waals surface area contributed by atoms with Crippen molar-refractivity contribution in [3.8, 4) is 0 Å². The first-order valence-electron chi connectivity index (χ1n) is 5.72. The van der Waals surface area contributed by atoms with Crippen LogP contribution in [0.3, 0.4) is 0 Å². The number of aromatic nitrogens is 2. The van der Waals surface area contributed by atoms with Gasteiger partial charge in [-0.15, -0.1) is 0 Å². The predicted octanol–water partition coefficient (Wildman–Crippen LogP) is 1.76. The van der Waals surface area contributed by atoms with Gasteiger partial charge in [0.15, 0.2) is 0 Å². The van der Waals surface area contributed by atoms with E-state index in [-0.39, 0.29) is 18.1 Å². The van der Waals surface area contributed by atoms with Gasteiger partial charge in [0.2, 0.25) is 5.91 Å². The summed E-state index contributed by atoms with van der Waals surface area (Å²) >= 11 is 5.76. The molecule has 0 saturated carbocycles. The molecule has 0 bridgehead atoms. The van der Waals surface area contributed by atoms with Crippen LogP contribution in [0.2, 0.25) is 5.02 Å². The molecule has 0 atom stereocenters. The van der Waals surface area contributed by atoms with Crippen LogP contribution < -0.4 is 5.32 Å². The van der Waals surface area contributed by atoms with E-state index in [2.05, 4.69) is 10.4 Å². The molecule has 104 valence electrons. The van der Waals surface area contributed by atoms with Crippen LogP contribution >= 0.6 is 11.6 Å². The number of nitro groups is 1. The van der Waals surface area contributed by atoms with E-state index < -0.39 is 4.92 Å². The maximum atomic E-state index is 11.7. The van der Waals surface area contributed by atoms with Crippen molar-refractivity contribution in [3.63, 3.8) is 0 Å². The lowest BCUT2D eigenvalue weighted by Crippen LogP contribution is -2.27. The molecule has 0 aliphatic carbocycles. The molecule has 1 amide bonds. The molecule has 1 N–H and O–H groups in total. The van der Waals surface area contributed by atoms with Crippen LogP contribution in [-0.2, 0) is 17.9 Å². The third-order valence-electron chi connectivity index (χ3n) is 2.54. The van der Waals surface area contributed by atoms with Crippen molar-refractivity contribution in [3.05, 3.63) is 57.4 Å². The van der Waals surface area contributed by atoms with Gasteiger partial charge < -0.3 is 5.32 Å². The highest BCUT2D eigenvalue weighted by Crippen LogP contribution is 2.09. The monoisotopic (exact) mass is 294 g/mol. The smallest absolute Gasteiger partial charge is 0.307 e. The Bertz CT molecular complexity index is 624. The van der Waals surface area contributed by atoms with E-state index in [9.17, 15) is 14.9 Å². The Hall–Kier alpha value is -2.41. The number of carbonyl (C=O) groups is 1. The molecule has 0 spiro atoms. The molecule has 0 radical (unpaired) electrons. The minimum atomic E-state index is -0.560. The second kappa shape index (κ2) is 6.16. The van der Waals surface area contributed by atoms with Crippen molar-refractivity contribution in [1.29, 1.82) is 0 Å². The number of hydrogen-bond acceptors (Lipinski definition) is 4. The van der Waals surface area contributed by atoms with Crippen LogP contribution in [0.15, 0.2) is 36.7 Å². The Labute approximate surface area is 119 Å². The van der Waals surface area contributed by atoms with Gasteiger partial charge in [0.1, 0.15) is 18.9 Å². The third-order valence-corrected chi connectivity index (χ3v) is 2.79. The van der Waals surface area contributed by atoms with Crippen molar-refractivity contribution in [2.24, 2.45) is 0 Å². The maximum absolute atomic E-state index is 11.7. The number of hydrogen-bond donors (Lipinski definition) is 1. The summed E-state index contributed by atoms with van der Waals surface area (Å²) in [7, 11) is 0. The minimum absolute atomic E-state index is 0.0680. The van der Waals surface area contributed by atoms with Gasteiger partial charge in [-0.25, -0.2) is 0 Å². The largest absolute Gasteiger partial charge is 0.350 e. The Balaban J connectivity index is 1.85. The molecular weight excluding hydrogens is 284 g/mol. The Morgan fingerprint density at radius 2 is 2.10 bits per heavy atom. The lowest BCUT2D eigenvalue weighted by molar-refractivity contribution is -0.385. The van der Waals surface area contributed by atoms with Gasteiger partial charge in [0.05, 0.1) is 4.92 Å². The molecule has 2 aromatic rings. The van der Waals surface area contributed by atoms with E-state index in [1.165, 1.54) is 10.9 Å². The van der Waals surface area contributed by atoms with Gasteiger partial charge in [0.25, 0.3) is 0 Å². The zero-order valence-corrected chi connectivity index (χ0v) is 11.1. The lowest BCUT2D eigenvalue weighted by atomic mass is 10.2. The summed E-state index contributed by atoms with van der Waals surface area (Å²) < 4.78 is 1.22. The van der Waals surface area contributed by atoms with Gasteiger partial charge in [-0.05, 0) is 17.7 Å². The molecule has 1 heterocycles. The molecule has 7 nitrogen and oxygen atoms in total. The molecule has 0 aliphatic rings. The van der Waals surface area contributed by atoms with Crippen LogP contribution in [-0.4, -0.2) is 20.6 Å². The SMILES string of the molecule is O=C(Cn1cc([N+](=O)[O-])cn1)NCc1ccc(Cl)cc1. The zero-order valence-electron chi connectivity index (χ0n) is 10.3. The normalized spacial score (nSPS) is 10.2. The number of nitrogens with zero attached hydrogens (tertiary/aromatic N) is 3. The Morgan fingerprint density at radius 1 is 1.40 bits per heavy atom. The highest BCUT2D eigenvalue weighted by Gasteiger charge is 2.10. The summed E-state index contributed by atoms with van der Waals surface area (Å²) in [4.78, 5) is 21.6. The number of halogens is 1. The summed E-state index contributed by atoms with van der Waals surface area (Å²) in [5.74, 6) is -0.280. The summed E-state index contributed by atoms with van der Waals surface area (Å²) in [5, 5.41) is 17.5. The number of nitrogens with one attached hydrogen (secondary N) is 1. The maximum Gasteiger partial charge on any atom is 0.307 e. The summed E-state index contributed by atoms with van der Waals surface area (Å²) in [6, 6.07) is 7.09. The summed E-state index contributed by atoms with van der Waals surface area (Å²) in [6.07, 6.45) is 2.31. The first-order chi connectivity index (χ1) is 9.54. The van der Waals surface area contributed by atoms with E-state index in [0.717, 1.165) is 11.8 Å². The molecule has 0 unspecified atom stereocenters. The van der Waals surface area contributed by atoms with E-state index in [1.54, 1.807) is 24.3 Å². The molecule has 2 rings (SSSR count). The summed E-state index contributed by atoms with van der Waals surface area (Å²) in [5.41, 5.74) is 0.768. The average Bonchev–Trinajstić information content (AvgIpc) is 2.87. The summed E-state index contributed by atoms with van der Waals surface area (Å²) in [6.45, 7) is 0.292. The molecule has 0 saturated heterocycles. The molecule has 1 aromatic carbocycles. The molecule has 0 fully saturated rings. The fourth-order valence-corrected chi connectivity index (χ4v) is 1.67. The molecular formula is C12H11ClN4O3. The van der Waals surface area contributed by atoms with Crippen molar-refractivity contribution in [1.82, 2.24) is 15.1 Å². The second-order valence-electron chi connectivity index (χ2n) is 4.06. The van der Waals surface area contributed by atoms with Crippen LogP contribution in [0.25, 0.3) is 0 Å². The van der Waals surface area contributed by atoms with E-state index in [0.29, 0.717) is 11.6 Å². The van der Waals surface area contributed by atoms with E-state index >= 15 is 0 Å². The van der Waals surface area contributed by atoms with Gasteiger partial charge in [0, 0.05) is 11.6 Å². The lowest BCUT2D eigenvalue weighted by Gasteiger charge is -2.05. The molecule has 1 aromatic heterocycles. The van der Waals surface area contributed by atoms with Crippen LogP contribution in [0.1, 0.15) is 5.56 Å². The second-order valence-corrected chi connectivity index (χ2v) is 4.49. The number of benzene rings is 1. The first-order valence-corrected chi connectivity index (χ1v) is 6.10. The quantitative estimate of drug-likeness (QED) is 0.672. The number of amides is 1. The Morgan fingerprint density at radius 3 is 2.70 bits per heavy atom. The van der Waals surface area contributed by atoms with Gasteiger partial charge in [-0.2, -0.15) is 5.10 Å². The predicted molar refractivity (Wildman–Crippen MR) is 72.2 cm³/mol. The van der Waals surface area contributed by atoms with Gasteiger partial charge in [-0.1, -0.05) is 23.7 Å². The van der Waals surface area contributed by atoms with Gasteiger partial charge in [-0.3, -0.25) is 19.6 Å². The van der Waals surface area contributed by atoms with Crippen LogP contribution in [0, 0.1) is 10.1 Å². The molecule has 0 aliphatic heterocycles. The van der Waals surface area contributed by atoms with E-state index in [1.807, 2.05) is 0 Å². The fraction of sp³-hybridized carbons (Fsp3) is 0.167.